The molecule has 3 rings (SSSR count). The molecule has 0 spiro atoms. The SMILES string of the molecule is CCC(C)C(NC(=O)OC(C)(C)C)C(=O)N(C1CCC1)C(C(=O)NCc1ccccc1)c1cc(C)ccc1C. The molecule has 2 N–H and O–H groups in total. The maximum atomic E-state index is 14.4. The minimum atomic E-state index is -0.821. The first-order valence-electron chi connectivity index (χ1n) is 14.1. The number of carbonyl (C=O) groups excluding carboxylic acids is 3. The average Bonchev–Trinajstić information content (AvgIpc) is 2.85. The largest absolute Gasteiger partial charge is 0.444 e. The van der Waals surface area contributed by atoms with Gasteiger partial charge in [-0.1, -0.05) is 74.4 Å². The Morgan fingerprint density at radius 1 is 1.05 bits per heavy atom. The van der Waals surface area contributed by atoms with Crippen molar-refractivity contribution >= 4 is 17.9 Å². The Bertz CT molecular complexity index is 1140. The number of amides is 3. The number of ether oxygens (including phenoxy) is 1. The molecule has 2 aromatic rings. The molecule has 7 heteroatoms. The van der Waals surface area contributed by atoms with Gasteiger partial charge in [-0.25, -0.2) is 4.79 Å². The van der Waals surface area contributed by atoms with Gasteiger partial charge in [0.15, 0.2) is 0 Å². The summed E-state index contributed by atoms with van der Waals surface area (Å²) in [5, 5.41) is 5.94. The zero-order valence-electron chi connectivity index (χ0n) is 24.5. The van der Waals surface area contributed by atoms with Crippen LogP contribution in [0.5, 0.6) is 0 Å². The van der Waals surface area contributed by atoms with Crippen molar-refractivity contribution in [2.75, 3.05) is 0 Å². The molecule has 0 radical (unpaired) electrons. The van der Waals surface area contributed by atoms with Gasteiger partial charge in [0.2, 0.25) is 11.8 Å². The summed E-state index contributed by atoms with van der Waals surface area (Å²) in [7, 11) is 0. The summed E-state index contributed by atoms with van der Waals surface area (Å²) < 4.78 is 5.51. The number of hydrogen-bond acceptors (Lipinski definition) is 4. The maximum absolute atomic E-state index is 14.4. The number of benzene rings is 2. The highest BCUT2D eigenvalue weighted by Crippen LogP contribution is 2.36. The Labute approximate surface area is 233 Å². The number of alkyl carbamates (subject to hydrolysis) is 1. The van der Waals surface area contributed by atoms with E-state index in [4.69, 9.17) is 4.74 Å². The van der Waals surface area contributed by atoms with E-state index < -0.39 is 23.8 Å². The van der Waals surface area contributed by atoms with Crippen LogP contribution in [0.15, 0.2) is 48.5 Å². The van der Waals surface area contributed by atoms with E-state index in [1.165, 1.54) is 0 Å². The minimum absolute atomic E-state index is 0.0862. The summed E-state index contributed by atoms with van der Waals surface area (Å²) in [6.45, 7) is 13.6. The van der Waals surface area contributed by atoms with Crippen molar-refractivity contribution in [2.45, 2.75) is 104 Å². The third-order valence-electron chi connectivity index (χ3n) is 7.44. The van der Waals surface area contributed by atoms with Crippen molar-refractivity contribution in [3.05, 3.63) is 70.8 Å². The molecule has 3 amide bonds. The number of nitrogens with one attached hydrogen (secondary N) is 2. The Balaban J connectivity index is 2.02. The van der Waals surface area contributed by atoms with Gasteiger partial charge in [-0.05, 0) is 76.5 Å². The molecule has 1 saturated carbocycles. The molecule has 3 unspecified atom stereocenters. The van der Waals surface area contributed by atoms with Crippen LogP contribution in [0.1, 0.15) is 88.6 Å². The second-order valence-corrected chi connectivity index (χ2v) is 11.8. The fraction of sp³-hybridized carbons (Fsp3) is 0.531. The summed E-state index contributed by atoms with van der Waals surface area (Å²) >= 11 is 0. The van der Waals surface area contributed by atoms with Crippen LogP contribution in [0.25, 0.3) is 0 Å². The van der Waals surface area contributed by atoms with Crippen molar-refractivity contribution in [1.29, 1.82) is 0 Å². The Morgan fingerprint density at radius 2 is 1.72 bits per heavy atom. The van der Waals surface area contributed by atoms with E-state index in [0.717, 1.165) is 41.5 Å². The third-order valence-corrected chi connectivity index (χ3v) is 7.44. The monoisotopic (exact) mass is 535 g/mol. The van der Waals surface area contributed by atoms with Gasteiger partial charge >= 0.3 is 6.09 Å². The summed E-state index contributed by atoms with van der Waals surface area (Å²) in [5.41, 5.74) is 3.05. The summed E-state index contributed by atoms with van der Waals surface area (Å²) in [5.74, 6) is -0.632. The second-order valence-electron chi connectivity index (χ2n) is 11.8. The van der Waals surface area contributed by atoms with Gasteiger partial charge < -0.3 is 20.3 Å². The number of nitrogens with zero attached hydrogens (tertiary/aromatic N) is 1. The highest BCUT2D eigenvalue weighted by molar-refractivity contribution is 5.93. The van der Waals surface area contributed by atoms with Crippen LogP contribution in [0.4, 0.5) is 4.79 Å². The molecule has 0 aromatic heterocycles. The normalized spacial score (nSPS) is 15.9. The highest BCUT2D eigenvalue weighted by Gasteiger charge is 2.43. The predicted molar refractivity (Wildman–Crippen MR) is 154 cm³/mol. The molecular weight excluding hydrogens is 490 g/mol. The van der Waals surface area contributed by atoms with E-state index in [0.29, 0.717) is 13.0 Å². The van der Waals surface area contributed by atoms with E-state index in [1.54, 1.807) is 25.7 Å². The van der Waals surface area contributed by atoms with Crippen molar-refractivity contribution < 1.29 is 19.1 Å². The van der Waals surface area contributed by atoms with Crippen LogP contribution in [0.3, 0.4) is 0 Å². The average molecular weight is 536 g/mol. The molecule has 212 valence electrons. The minimum Gasteiger partial charge on any atom is -0.444 e. The lowest BCUT2D eigenvalue weighted by Gasteiger charge is -2.44. The topological polar surface area (TPSA) is 87.7 Å². The van der Waals surface area contributed by atoms with Crippen molar-refractivity contribution in [3.63, 3.8) is 0 Å². The van der Waals surface area contributed by atoms with Crippen LogP contribution < -0.4 is 10.6 Å². The van der Waals surface area contributed by atoms with E-state index in [-0.39, 0.29) is 23.8 Å². The van der Waals surface area contributed by atoms with Crippen LogP contribution in [-0.2, 0) is 20.9 Å². The molecule has 1 fully saturated rings. The molecule has 1 aliphatic rings. The molecule has 0 aliphatic heterocycles. The smallest absolute Gasteiger partial charge is 0.408 e. The molecule has 7 nitrogen and oxygen atoms in total. The molecule has 2 aromatic carbocycles. The van der Waals surface area contributed by atoms with E-state index in [9.17, 15) is 14.4 Å². The number of hydrogen-bond donors (Lipinski definition) is 2. The molecule has 0 saturated heterocycles. The number of aryl methyl sites for hydroxylation is 2. The van der Waals surface area contributed by atoms with Crippen LogP contribution in [0, 0.1) is 19.8 Å². The lowest BCUT2D eigenvalue weighted by molar-refractivity contribution is -0.148. The molecule has 1 aliphatic carbocycles. The van der Waals surface area contributed by atoms with E-state index in [1.807, 2.05) is 76.2 Å². The van der Waals surface area contributed by atoms with E-state index >= 15 is 0 Å². The predicted octanol–water partition coefficient (Wildman–Crippen LogP) is 5.98. The van der Waals surface area contributed by atoms with Crippen molar-refractivity contribution in [3.8, 4) is 0 Å². The van der Waals surface area contributed by atoms with Gasteiger partial charge in [0, 0.05) is 12.6 Å². The van der Waals surface area contributed by atoms with Gasteiger partial charge in [0.05, 0.1) is 0 Å². The zero-order valence-corrected chi connectivity index (χ0v) is 24.5. The lowest BCUT2D eigenvalue weighted by Crippen LogP contribution is -2.59. The molecule has 0 bridgehead atoms. The number of carbonyl (C=O) groups is 3. The molecule has 39 heavy (non-hydrogen) atoms. The first-order chi connectivity index (χ1) is 18.4. The lowest BCUT2D eigenvalue weighted by atomic mass is 9.86. The Hall–Kier alpha value is -3.35. The Kier molecular flexibility index (Phi) is 10.2. The van der Waals surface area contributed by atoms with Crippen molar-refractivity contribution in [1.82, 2.24) is 15.5 Å². The van der Waals surface area contributed by atoms with Crippen LogP contribution in [0.2, 0.25) is 0 Å². The summed E-state index contributed by atoms with van der Waals surface area (Å²) in [6.07, 6.45) is 2.68. The summed E-state index contributed by atoms with van der Waals surface area (Å²) in [4.78, 5) is 43.0. The maximum Gasteiger partial charge on any atom is 0.408 e. The first kappa shape index (κ1) is 30.2. The fourth-order valence-electron chi connectivity index (χ4n) is 4.81. The number of rotatable bonds is 10. The standard InChI is InChI=1S/C32H45N3O4/c1-8-22(3)27(34-31(38)39-32(5,6)7)30(37)35(25-15-12-16-25)28(26-19-21(2)17-18-23(26)4)29(36)33-20-24-13-10-9-11-14-24/h9-11,13-14,17-19,22,25,27-28H,8,12,15-16,20H2,1-7H3,(H,33,36)(H,34,38). The van der Waals surface area contributed by atoms with Gasteiger partial charge in [-0.3, -0.25) is 9.59 Å². The van der Waals surface area contributed by atoms with Crippen LogP contribution >= 0.6 is 0 Å². The van der Waals surface area contributed by atoms with Gasteiger partial charge in [-0.15, -0.1) is 0 Å². The fourth-order valence-corrected chi connectivity index (χ4v) is 4.81. The van der Waals surface area contributed by atoms with E-state index in [2.05, 4.69) is 10.6 Å². The molecular formula is C32H45N3O4. The van der Waals surface area contributed by atoms with Gasteiger partial charge in [0.1, 0.15) is 17.7 Å². The molecule has 0 heterocycles. The zero-order chi connectivity index (χ0) is 28.7. The van der Waals surface area contributed by atoms with Gasteiger partial charge in [0.25, 0.3) is 0 Å². The Morgan fingerprint density at radius 3 is 2.28 bits per heavy atom. The molecule has 3 atom stereocenters. The quantitative estimate of drug-likeness (QED) is 0.392. The second kappa shape index (κ2) is 13.1. The summed E-state index contributed by atoms with van der Waals surface area (Å²) in [6, 6.07) is 14.0. The van der Waals surface area contributed by atoms with Gasteiger partial charge in [-0.2, -0.15) is 0 Å². The third kappa shape index (κ3) is 8.07. The van der Waals surface area contributed by atoms with Crippen molar-refractivity contribution in [2.24, 2.45) is 5.92 Å². The first-order valence-corrected chi connectivity index (χ1v) is 14.1. The highest BCUT2D eigenvalue weighted by atomic mass is 16.6. The van der Waals surface area contributed by atoms with Crippen LogP contribution in [-0.4, -0.2) is 40.5 Å².